The summed E-state index contributed by atoms with van der Waals surface area (Å²) in [7, 11) is 0. The Morgan fingerprint density at radius 3 is 2.48 bits per heavy atom. The molecule has 0 unspecified atom stereocenters. The number of benzene rings is 1. The van der Waals surface area contributed by atoms with Gasteiger partial charge in [-0.05, 0) is 19.0 Å². The van der Waals surface area contributed by atoms with Gasteiger partial charge in [-0.25, -0.2) is 0 Å². The molecule has 0 bridgehead atoms. The van der Waals surface area contributed by atoms with Crippen molar-refractivity contribution in [2.45, 2.75) is 32.4 Å². The first-order valence-electron chi connectivity index (χ1n) is 9.38. The van der Waals surface area contributed by atoms with Gasteiger partial charge in [0.1, 0.15) is 4.70 Å². The summed E-state index contributed by atoms with van der Waals surface area (Å²) < 4.78 is 39.1. The molecule has 158 valence electrons. The first kappa shape index (κ1) is 21.4. The molecule has 1 aliphatic rings. The lowest BCUT2D eigenvalue weighted by atomic mass is 10.1. The molecule has 0 radical (unpaired) electrons. The van der Waals surface area contributed by atoms with Crippen LogP contribution in [0.4, 0.5) is 24.0 Å². The van der Waals surface area contributed by atoms with Gasteiger partial charge in [-0.15, -0.1) is 0 Å². The number of nitro groups is 1. The van der Waals surface area contributed by atoms with E-state index in [-0.39, 0.29) is 10.1 Å². The molecule has 29 heavy (non-hydrogen) atoms. The fraction of sp³-hybridized carbons (Fsp3) is 0.556. The Balaban J connectivity index is 1.91. The highest BCUT2D eigenvalue weighted by atomic mass is 32.1. The first-order chi connectivity index (χ1) is 13.7. The van der Waals surface area contributed by atoms with Gasteiger partial charge < -0.3 is 4.90 Å². The standard InChI is InChI=1S/C18H21F3N4O3S/c1-2-3-4-5-23-6-8-24(9-7-23)17-22-16(26)13-10-12(18(19,20)21)11-14(25(27)28)15(13)29-17/h10-11H,2-9H2,1H3. The highest BCUT2D eigenvalue weighted by Crippen LogP contribution is 2.38. The second-order valence-electron chi connectivity index (χ2n) is 6.96. The topological polar surface area (TPSA) is 79.6 Å². The molecule has 0 N–H and O–H groups in total. The second-order valence-corrected chi connectivity index (χ2v) is 7.94. The quantitative estimate of drug-likeness (QED) is 0.393. The van der Waals surface area contributed by atoms with Crippen molar-refractivity contribution in [2.24, 2.45) is 0 Å². The fourth-order valence-electron chi connectivity index (χ4n) is 3.32. The normalized spacial score (nSPS) is 15.8. The number of non-ortho nitro benzene ring substituents is 1. The predicted octanol–water partition coefficient (Wildman–Crippen LogP) is 3.90. The third-order valence-corrected chi connectivity index (χ3v) is 6.10. The number of anilines is 1. The SMILES string of the molecule is CCCCCN1CCN(c2nc(=O)c3cc(C(F)(F)F)cc([N+](=O)[O-])c3s2)CC1. The van der Waals surface area contributed by atoms with Gasteiger partial charge in [0.2, 0.25) is 0 Å². The van der Waals surface area contributed by atoms with Crippen LogP contribution in [-0.4, -0.2) is 47.5 Å². The molecule has 3 rings (SSSR count). The van der Waals surface area contributed by atoms with Gasteiger partial charge in [0, 0.05) is 32.2 Å². The molecule has 1 saturated heterocycles. The summed E-state index contributed by atoms with van der Waals surface area (Å²) >= 11 is 0.892. The molecule has 1 fully saturated rings. The molecular weight excluding hydrogens is 409 g/mol. The number of nitrogens with zero attached hydrogens (tertiary/aromatic N) is 4. The molecule has 1 aromatic carbocycles. The lowest BCUT2D eigenvalue weighted by Crippen LogP contribution is -2.47. The minimum atomic E-state index is -4.79. The first-order valence-corrected chi connectivity index (χ1v) is 10.2. The molecule has 0 atom stereocenters. The average molecular weight is 430 g/mol. The summed E-state index contributed by atoms with van der Waals surface area (Å²) in [6.45, 7) is 5.90. The van der Waals surface area contributed by atoms with E-state index in [0.717, 1.165) is 50.2 Å². The Morgan fingerprint density at radius 2 is 1.90 bits per heavy atom. The molecule has 7 nitrogen and oxygen atoms in total. The molecule has 0 amide bonds. The van der Waals surface area contributed by atoms with Crippen LogP contribution < -0.4 is 10.5 Å². The van der Waals surface area contributed by atoms with Crippen molar-refractivity contribution in [3.63, 3.8) is 0 Å². The molecule has 2 heterocycles. The summed E-state index contributed by atoms with van der Waals surface area (Å²) in [5.74, 6) is 0. The van der Waals surface area contributed by atoms with E-state index < -0.39 is 27.9 Å². The van der Waals surface area contributed by atoms with Crippen molar-refractivity contribution in [3.8, 4) is 0 Å². The third kappa shape index (κ3) is 4.84. The van der Waals surface area contributed by atoms with E-state index in [0.29, 0.717) is 30.4 Å². The zero-order chi connectivity index (χ0) is 21.2. The minimum absolute atomic E-state index is 0.0802. The number of hydrogen-bond donors (Lipinski definition) is 0. The Morgan fingerprint density at radius 1 is 1.21 bits per heavy atom. The van der Waals surface area contributed by atoms with Crippen molar-refractivity contribution in [1.29, 1.82) is 0 Å². The van der Waals surface area contributed by atoms with Crippen LogP contribution in [0.1, 0.15) is 31.7 Å². The molecule has 11 heteroatoms. The molecule has 2 aromatic rings. The maximum absolute atomic E-state index is 13.1. The number of unbranched alkanes of at least 4 members (excludes halogenated alkanes) is 2. The van der Waals surface area contributed by atoms with E-state index in [1.165, 1.54) is 0 Å². The van der Waals surface area contributed by atoms with E-state index in [4.69, 9.17) is 0 Å². The maximum Gasteiger partial charge on any atom is 0.416 e. The van der Waals surface area contributed by atoms with Crippen LogP contribution >= 0.6 is 11.3 Å². The van der Waals surface area contributed by atoms with Gasteiger partial charge >= 0.3 is 6.18 Å². The van der Waals surface area contributed by atoms with E-state index in [1.807, 2.05) is 4.90 Å². The monoisotopic (exact) mass is 430 g/mol. The van der Waals surface area contributed by atoms with Gasteiger partial charge in [0.05, 0.1) is 15.9 Å². The molecule has 0 aliphatic carbocycles. The summed E-state index contributed by atoms with van der Waals surface area (Å²) in [5, 5.41) is 11.3. The fourth-order valence-corrected chi connectivity index (χ4v) is 4.44. The summed E-state index contributed by atoms with van der Waals surface area (Å²) in [5.41, 5.74) is -2.83. The van der Waals surface area contributed by atoms with Crippen molar-refractivity contribution >= 4 is 32.2 Å². The largest absolute Gasteiger partial charge is 0.416 e. The van der Waals surface area contributed by atoms with Crippen molar-refractivity contribution < 1.29 is 18.1 Å². The van der Waals surface area contributed by atoms with Gasteiger partial charge in [0.15, 0.2) is 5.13 Å². The van der Waals surface area contributed by atoms with Gasteiger partial charge in [-0.1, -0.05) is 31.1 Å². The Kier molecular flexibility index (Phi) is 6.37. The summed E-state index contributed by atoms with van der Waals surface area (Å²) in [6, 6.07) is 1.12. The van der Waals surface area contributed by atoms with Crippen LogP contribution in [0.5, 0.6) is 0 Å². The van der Waals surface area contributed by atoms with Crippen molar-refractivity contribution in [1.82, 2.24) is 9.88 Å². The lowest BCUT2D eigenvalue weighted by molar-refractivity contribution is -0.383. The van der Waals surface area contributed by atoms with E-state index in [2.05, 4.69) is 16.8 Å². The highest BCUT2D eigenvalue weighted by molar-refractivity contribution is 7.22. The van der Waals surface area contributed by atoms with Gasteiger partial charge in [-0.3, -0.25) is 19.8 Å². The van der Waals surface area contributed by atoms with Gasteiger partial charge in [-0.2, -0.15) is 18.2 Å². The number of hydrogen-bond acceptors (Lipinski definition) is 7. The Labute approximate surface area is 168 Å². The number of fused-ring (bicyclic) bond motifs is 1. The number of aromatic nitrogens is 1. The molecular formula is C18H21F3N4O3S. The number of rotatable bonds is 6. The third-order valence-electron chi connectivity index (χ3n) is 4.94. The number of nitro benzene ring substituents is 1. The van der Waals surface area contributed by atoms with E-state index in [9.17, 15) is 28.1 Å². The minimum Gasteiger partial charge on any atom is -0.345 e. The predicted molar refractivity (Wildman–Crippen MR) is 106 cm³/mol. The summed E-state index contributed by atoms with van der Waals surface area (Å²) in [6.07, 6.45) is -1.37. The molecule has 1 aliphatic heterocycles. The zero-order valence-electron chi connectivity index (χ0n) is 15.9. The van der Waals surface area contributed by atoms with Crippen LogP contribution in [0, 0.1) is 10.1 Å². The Hall–Kier alpha value is -2.27. The smallest absolute Gasteiger partial charge is 0.345 e. The van der Waals surface area contributed by atoms with Crippen molar-refractivity contribution in [2.75, 3.05) is 37.6 Å². The van der Waals surface area contributed by atoms with E-state index >= 15 is 0 Å². The summed E-state index contributed by atoms with van der Waals surface area (Å²) in [4.78, 5) is 31.0. The number of piperazine rings is 1. The average Bonchev–Trinajstić information content (AvgIpc) is 2.67. The zero-order valence-corrected chi connectivity index (χ0v) is 16.7. The van der Waals surface area contributed by atoms with Gasteiger partial charge in [0.25, 0.3) is 11.2 Å². The molecule has 0 saturated carbocycles. The highest BCUT2D eigenvalue weighted by Gasteiger charge is 2.34. The van der Waals surface area contributed by atoms with Crippen LogP contribution in [0.3, 0.4) is 0 Å². The van der Waals surface area contributed by atoms with Crippen LogP contribution in [0.25, 0.3) is 10.1 Å². The molecule has 0 spiro atoms. The molecule has 1 aromatic heterocycles. The number of halogens is 3. The Bertz CT molecular complexity index is 956. The second kappa shape index (κ2) is 8.62. The van der Waals surface area contributed by atoms with Crippen LogP contribution in [0.15, 0.2) is 16.9 Å². The lowest BCUT2D eigenvalue weighted by Gasteiger charge is -2.34. The van der Waals surface area contributed by atoms with E-state index in [1.54, 1.807) is 0 Å². The maximum atomic E-state index is 13.1. The van der Waals surface area contributed by atoms with Crippen LogP contribution in [0.2, 0.25) is 0 Å². The van der Waals surface area contributed by atoms with Crippen LogP contribution in [-0.2, 0) is 6.18 Å². The van der Waals surface area contributed by atoms with Crippen molar-refractivity contribution in [3.05, 3.63) is 38.2 Å². The number of alkyl halides is 3.